The van der Waals surface area contributed by atoms with E-state index in [1.54, 1.807) is 0 Å². The number of fused-ring (bicyclic) bond motifs is 6. The number of aliphatic hydroxyl groups excluding tert-OH is 4. The summed E-state index contributed by atoms with van der Waals surface area (Å²) in [7, 11) is 0. The standard InChI is InChI=1S/C30H46O6/c1-25(2)11-12-30(24(35)36)18(13-25)17-7-8-21-26(3)14-19(32)23(34)27(4,16-31)20(26)9-10-28(21,5)29(17,6)15-22(30)33/h9,19,21-23,31-34H,7-8,10-16H2,1-6H3,(H,35,36). The lowest BCUT2D eigenvalue weighted by Crippen LogP contribution is -2.65. The number of carbonyl (C=O) groups is 1. The van der Waals surface area contributed by atoms with Gasteiger partial charge in [-0.05, 0) is 78.9 Å². The molecule has 3 saturated carbocycles. The van der Waals surface area contributed by atoms with Crippen molar-refractivity contribution in [2.45, 2.75) is 111 Å². The highest BCUT2D eigenvalue weighted by molar-refractivity contribution is 5.81. The van der Waals surface area contributed by atoms with Gasteiger partial charge in [0, 0.05) is 5.41 Å². The molecule has 0 bridgehead atoms. The molecule has 0 spiro atoms. The van der Waals surface area contributed by atoms with Gasteiger partial charge in [0.15, 0.2) is 0 Å². The fourth-order valence-corrected chi connectivity index (χ4v) is 10.1. The van der Waals surface area contributed by atoms with E-state index < -0.39 is 40.5 Å². The van der Waals surface area contributed by atoms with E-state index in [1.165, 1.54) is 5.57 Å². The monoisotopic (exact) mass is 502 g/mol. The lowest BCUT2D eigenvalue weighted by molar-refractivity contribution is -0.174. The largest absolute Gasteiger partial charge is 0.481 e. The highest BCUT2D eigenvalue weighted by Gasteiger charge is 2.69. The molecule has 0 aliphatic heterocycles. The molecule has 0 aromatic carbocycles. The van der Waals surface area contributed by atoms with Crippen LogP contribution in [0.2, 0.25) is 0 Å². The zero-order valence-corrected chi connectivity index (χ0v) is 22.9. The molecule has 6 heteroatoms. The van der Waals surface area contributed by atoms with Crippen molar-refractivity contribution in [1.29, 1.82) is 0 Å². The van der Waals surface area contributed by atoms with Crippen molar-refractivity contribution in [3.8, 4) is 0 Å². The van der Waals surface area contributed by atoms with Crippen LogP contribution in [0, 0.1) is 38.4 Å². The van der Waals surface area contributed by atoms with Crippen molar-refractivity contribution in [1.82, 2.24) is 0 Å². The summed E-state index contributed by atoms with van der Waals surface area (Å²) >= 11 is 0. The highest BCUT2D eigenvalue weighted by atomic mass is 16.4. The van der Waals surface area contributed by atoms with E-state index in [-0.39, 0.29) is 28.8 Å². The Morgan fingerprint density at radius 1 is 1.00 bits per heavy atom. The second-order valence-electron chi connectivity index (χ2n) is 14.7. The van der Waals surface area contributed by atoms with Crippen LogP contribution >= 0.6 is 0 Å². The van der Waals surface area contributed by atoms with Gasteiger partial charge in [0.2, 0.25) is 0 Å². The third-order valence-corrected chi connectivity index (χ3v) is 12.4. The van der Waals surface area contributed by atoms with Gasteiger partial charge >= 0.3 is 5.97 Å². The van der Waals surface area contributed by atoms with Gasteiger partial charge in [-0.2, -0.15) is 0 Å². The fourth-order valence-electron chi connectivity index (χ4n) is 10.1. The van der Waals surface area contributed by atoms with Gasteiger partial charge in [-0.15, -0.1) is 0 Å². The van der Waals surface area contributed by atoms with Crippen molar-refractivity contribution >= 4 is 5.97 Å². The Morgan fingerprint density at radius 3 is 2.28 bits per heavy atom. The van der Waals surface area contributed by atoms with Crippen molar-refractivity contribution in [3.05, 3.63) is 22.8 Å². The molecule has 5 N–H and O–H groups in total. The zero-order chi connectivity index (χ0) is 26.7. The molecule has 0 saturated heterocycles. The van der Waals surface area contributed by atoms with Gasteiger partial charge in [-0.1, -0.05) is 64.3 Å². The lowest BCUT2D eigenvalue weighted by Gasteiger charge is -2.69. The quantitative estimate of drug-likeness (QED) is 0.361. The third-order valence-electron chi connectivity index (χ3n) is 12.4. The van der Waals surface area contributed by atoms with Crippen LogP contribution in [0.25, 0.3) is 0 Å². The first-order valence-corrected chi connectivity index (χ1v) is 13.9. The topological polar surface area (TPSA) is 118 Å². The molecule has 202 valence electrons. The molecule has 5 aliphatic rings. The summed E-state index contributed by atoms with van der Waals surface area (Å²) in [5, 5.41) is 54.4. The van der Waals surface area contributed by atoms with Crippen LogP contribution < -0.4 is 0 Å². The molecule has 0 aromatic rings. The van der Waals surface area contributed by atoms with E-state index in [4.69, 9.17) is 0 Å². The SMILES string of the molecule is CC1(C)CCC2(C(=O)O)C(=C3CCC4C5(C)CC(O)C(O)C(C)(CO)C5=CCC4(C)C3(C)CC2O)C1. The molecule has 3 fully saturated rings. The minimum atomic E-state index is -1.19. The van der Waals surface area contributed by atoms with Crippen molar-refractivity contribution in [3.63, 3.8) is 0 Å². The molecular weight excluding hydrogens is 456 g/mol. The number of hydrogen-bond acceptors (Lipinski definition) is 5. The molecule has 0 aromatic heterocycles. The number of rotatable bonds is 2. The smallest absolute Gasteiger partial charge is 0.316 e. The van der Waals surface area contributed by atoms with E-state index in [0.29, 0.717) is 25.7 Å². The second-order valence-corrected chi connectivity index (χ2v) is 14.7. The van der Waals surface area contributed by atoms with E-state index >= 15 is 0 Å². The van der Waals surface area contributed by atoms with Crippen molar-refractivity contribution < 1.29 is 30.3 Å². The van der Waals surface area contributed by atoms with E-state index in [0.717, 1.165) is 36.8 Å². The Labute approximate surface area is 215 Å². The molecule has 36 heavy (non-hydrogen) atoms. The summed E-state index contributed by atoms with van der Waals surface area (Å²) < 4.78 is 0. The minimum absolute atomic E-state index is 0.00478. The molecule has 9 atom stereocenters. The molecule has 6 nitrogen and oxygen atoms in total. The van der Waals surface area contributed by atoms with E-state index in [9.17, 15) is 30.3 Å². The van der Waals surface area contributed by atoms with Gasteiger partial charge in [0.25, 0.3) is 0 Å². The maximum atomic E-state index is 12.8. The number of allylic oxidation sites excluding steroid dienone is 2. The van der Waals surface area contributed by atoms with Gasteiger partial charge < -0.3 is 25.5 Å². The summed E-state index contributed by atoms with van der Waals surface area (Å²) in [6, 6.07) is 0. The molecule has 0 amide bonds. The molecular formula is C30H46O6. The van der Waals surface area contributed by atoms with Crippen LogP contribution in [0.15, 0.2) is 22.8 Å². The van der Waals surface area contributed by atoms with Crippen LogP contribution in [-0.4, -0.2) is 56.4 Å². The normalized spacial score (nSPS) is 51.9. The molecule has 5 rings (SSSR count). The number of hydrogen-bond donors (Lipinski definition) is 5. The number of carboxylic acid groups (broad SMARTS) is 1. The Kier molecular flexibility index (Phi) is 5.63. The molecule has 9 unspecified atom stereocenters. The van der Waals surface area contributed by atoms with Gasteiger partial charge in [-0.3, -0.25) is 4.79 Å². The van der Waals surface area contributed by atoms with Crippen LogP contribution in [0.4, 0.5) is 0 Å². The van der Waals surface area contributed by atoms with Crippen LogP contribution in [0.1, 0.15) is 92.9 Å². The van der Waals surface area contributed by atoms with Gasteiger partial charge in [-0.25, -0.2) is 0 Å². The van der Waals surface area contributed by atoms with Gasteiger partial charge in [0.05, 0.1) is 24.9 Å². The fraction of sp³-hybridized carbons (Fsp3) is 0.833. The third kappa shape index (κ3) is 2.96. The average molecular weight is 503 g/mol. The van der Waals surface area contributed by atoms with Crippen LogP contribution in [0.3, 0.4) is 0 Å². The van der Waals surface area contributed by atoms with Crippen LogP contribution in [-0.2, 0) is 4.79 Å². The molecule has 5 aliphatic carbocycles. The predicted octanol–water partition coefficient (Wildman–Crippen LogP) is 4.21. The summed E-state index contributed by atoms with van der Waals surface area (Å²) in [5.41, 5.74) is 0.160. The minimum Gasteiger partial charge on any atom is -0.481 e. The number of carboxylic acids is 1. The molecule has 0 heterocycles. The Bertz CT molecular complexity index is 1040. The first kappa shape index (κ1) is 26.4. The predicted molar refractivity (Wildman–Crippen MR) is 137 cm³/mol. The Hall–Kier alpha value is -1.21. The highest BCUT2D eigenvalue weighted by Crippen LogP contribution is 2.74. The number of aliphatic carboxylic acids is 1. The summed E-state index contributed by atoms with van der Waals surface area (Å²) in [5.74, 6) is -0.711. The molecule has 0 radical (unpaired) electrons. The van der Waals surface area contributed by atoms with Crippen molar-refractivity contribution in [2.24, 2.45) is 38.4 Å². The average Bonchev–Trinajstić information content (AvgIpc) is 2.77. The first-order chi connectivity index (χ1) is 16.5. The summed E-state index contributed by atoms with van der Waals surface area (Å²) in [6.45, 7) is 12.8. The second kappa shape index (κ2) is 7.68. The van der Waals surface area contributed by atoms with E-state index in [2.05, 4.69) is 40.7 Å². The number of aliphatic hydroxyl groups is 4. The summed E-state index contributed by atoms with van der Waals surface area (Å²) in [6.07, 6.45) is 4.56. The Balaban J connectivity index is 1.70. The maximum Gasteiger partial charge on any atom is 0.316 e. The lowest BCUT2D eigenvalue weighted by atomic mass is 9.35. The first-order valence-electron chi connectivity index (χ1n) is 13.9. The zero-order valence-electron chi connectivity index (χ0n) is 22.9. The van der Waals surface area contributed by atoms with E-state index in [1.807, 2.05) is 6.92 Å². The van der Waals surface area contributed by atoms with Crippen molar-refractivity contribution in [2.75, 3.05) is 6.61 Å². The van der Waals surface area contributed by atoms with Crippen LogP contribution in [0.5, 0.6) is 0 Å². The summed E-state index contributed by atoms with van der Waals surface area (Å²) in [4.78, 5) is 12.8. The maximum absolute atomic E-state index is 12.8. The Morgan fingerprint density at radius 2 is 1.67 bits per heavy atom. The van der Waals surface area contributed by atoms with Gasteiger partial charge in [0.1, 0.15) is 5.41 Å².